The van der Waals surface area contributed by atoms with Gasteiger partial charge >= 0.3 is 12.1 Å². The average Bonchev–Trinajstić information content (AvgIpc) is 2.29. The predicted octanol–water partition coefficient (Wildman–Crippen LogP) is 1.95. The molecule has 0 aromatic heterocycles. The molecule has 1 saturated heterocycles. The minimum atomic E-state index is -5.08. The zero-order valence-electron chi connectivity index (χ0n) is 10.3. The van der Waals surface area contributed by atoms with E-state index in [0.29, 0.717) is 12.7 Å². The zero-order chi connectivity index (χ0) is 15.2. The van der Waals surface area contributed by atoms with Crippen molar-refractivity contribution in [3.05, 3.63) is 35.6 Å². The van der Waals surface area contributed by atoms with Gasteiger partial charge in [0.1, 0.15) is 5.82 Å². The van der Waals surface area contributed by atoms with Crippen LogP contribution >= 0.6 is 0 Å². The van der Waals surface area contributed by atoms with E-state index < -0.39 is 12.1 Å². The molecule has 1 fully saturated rings. The van der Waals surface area contributed by atoms with Crippen LogP contribution in [0, 0.1) is 5.82 Å². The largest absolute Gasteiger partial charge is 0.490 e. The maximum absolute atomic E-state index is 12.5. The number of carbonyl (C=O) groups is 1. The van der Waals surface area contributed by atoms with E-state index in [0.717, 1.165) is 18.7 Å². The van der Waals surface area contributed by atoms with Crippen molar-refractivity contribution in [1.82, 2.24) is 5.32 Å². The first kappa shape index (κ1) is 16.4. The molecule has 2 N–H and O–H groups in total. The van der Waals surface area contributed by atoms with Gasteiger partial charge in [-0.15, -0.1) is 0 Å². The Hall–Kier alpha value is -1.67. The van der Waals surface area contributed by atoms with Gasteiger partial charge in [0.2, 0.25) is 0 Å². The monoisotopic (exact) mass is 295 g/mol. The van der Waals surface area contributed by atoms with Gasteiger partial charge in [-0.1, -0.05) is 12.1 Å². The van der Waals surface area contributed by atoms with Crippen molar-refractivity contribution in [2.24, 2.45) is 0 Å². The van der Waals surface area contributed by atoms with Crippen LogP contribution < -0.4 is 5.32 Å². The van der Waals surface area contributed by atoms with E-state index in [-0.39, 0.29) is 5.82 Å². The van der Waals surface area contributed by atoms with E-state index in [1.807, 2.05) is 0 Å². The molecule has 8 heteroatoms. The van der Waals surface area contributed by atoms with Crippen molar-refractivity contribution in [3.63, 3.8) is 0 Å². The van der Waals surface area contributed by atoms with Crippen LogP contribution in [0.15, 0.2) is 24.3 Å². The van der Waals surface area contributed by atoms with Gasteiger partial charge in [-0.25, -0.2) is 9.18 Å². The molecule has 0 bridgehead atoms. The lowest BCUT2D eigenvalue weighted by atomic mass is 10.2. The smallest absolute Gasteiger partial charge is 0.475 e. The van der Waals surface area contributed by atoms with Crippen LogP contribution in [0.4, 0.5) is 17.6 Å². The van der Waals surface area contributed by atoms with Crippen molar-refractivity contribution < 1.29 is 32.2 Å². The van der Waals surface area contributed by atoms with Crippen molar-refractivity contribution in [2.45, 2.75) is 18.9 Å². The Bertz CT molecular complexity index is 429. The molecule has 1 aromatic rings. The third-order valence-electron chi connectivity index (χ3n) is 2.39. The fourth-order valence-electron chi connectivity index (χ4n) is 1.17. The number of halogens is 4. The Morgan fingerprint density at radius 3 is 2.15 bits per heavy atom. The number of hydrogen-bond donors (Lipinski definition) is 2. The number of rotatable bonds is 3. The molecule has 1 aromatic carbocycles. The topological polar surface area (TPSA) is 58.6 Å². The molecule has 112 valence electrons. The third-order valence-corrected chi connectivity index (χ3v) is 2.39. The van der Waals surface area contributed by atoms with Gasteiger partial charge in [-0.05, 0) is 17.7 Å². The maximum atomic E-state index is 12.5. The predicted molar refractivity (Wildman–Crippen MR) is 61.5 cm³/mol. The van der Waals surface area contributed by atoms with Crippen molar-refractivity contribution in [2.75, 3.05) is 13.1 Å². The van der Waals surface area contributed by atoms with Crippen LogP contribution in [0.2, 0.25) is 0 Å². The molecule has 0 saturated carbocycles. The summed E-state index contributed by atoms with van der Waals surface area (Å²) >= 11 is 0. The van der Waals surface area contributed by atoms with Crippen molar-refractivity contribution in [3.8, 4) is 0 Å². The van der Waals surface area contributed by atoms with E-state index in [2.05, 4.69) is 5.32 Å². The molecule has 0 radical (unpaired) electrons. The fourth-order valence-corrected chi connectivity index (χ4v) is 1.17. The number of alkyl halides is 3. The van der Waals surface area contributed by atoms with Gasteiger partial charge < -0.3 is 15.2 Å². The summed E-state index contributed by atoms with van der Waals surface area (Å²) in [6, 6.07) is 6.41. The lowest BCUT2D eigenvalue weighted by molar-refractivity contribution is -0.192. The molecule has 2 rings (SSSR count). The first-order valence-electron chi connectivity index (χ1n) is 5.66. The average molecular weight is 295 g/mol. The number of carboxylic acids is 1. The second kappa shape index (κ2) is 7.20. The van der Waals surface area contributed by atoms with Crippen LogP contribution in [-0.2, 0) is 16.1 Å². The number of ether oxygens (including phenoxy) is 1. The number of hydrogen-bond acceptors (Lipinski definition) is 3. The summed E-state index contributed by atoms with van der Waals surface area (Å²) in [6.45, 7) is 2.44. The van der Waals surface area contributed by atoms with E-state index in [4.69, 9.17) is 14.6 Å². The molecule has 1 heterocycles. The van der Waals surface area contributed by atoms with Gasteiger partial charge in [0, 0.05) is 13.1 Å². The Balaban J connectivity index is 0.000000246. The quantitative estimate of drug-likeness (QED) is 0.837. The van der Waals surface area contributed by atoms with Crippen LogP contribution in [0.1, 0.15) is 5.56 Å². The molecule has 0 atom stereocenters. The van der Waals surface area contributed by atoms with Crippen LogP contribution in [0.5, 0.6) is 0 Å². The lowest BCUT2D eigenvalue weighted by Crippen LogP contribution is -2.48. The zero-order valence-corrected chi connectivity index (χ0v) is 10.3. The van der Waals surface area contributed by atoms with E-state index in [1.54, 1.807) is 12.1 Å². The van der Waals surface area contributed by atoms with E-state index >= 15 is 0 Å². The van der Waals surface area contributed by atoms with Crippen LogP contribution in [0.3, 0.4) is 0 Å². The highest BCUT2D eigenvalue weighted by atomic mass is 19.4. The summed E-state index contributed by atoms with van der Waals surface area (Å²) in [6.07, 6.45) is -4.75. The minimum Gasteiger partial charge on any atom is -0.475 e. The first-order chi connectivity index (χ1) is 9.29. The molecule has 0 amide bonds. The molecule has 4 nitrogen and oxygen atoms in total. The Kier molecular flexibility index (Phi) is 5.90. The van der Waals surface area contributed by atoms with E-state index in [9.17, 15) is 17.6 Å². The SMILES string of the molecule is Fc1ccc(COC2CNC2)cc1.O=C(O)C(F)(F)F. The summed E-state index contributed by atoms with van der Waals surface area (Å²) < 4.78 is 49.8. The summed E-state index contributed by atoms with van der Waals surface area (Å²) in [5.74, 6) is -2.96. The minimum absolute atomic E-state index is 0.200. The molecule has 1 aliphatic rings. The molecule has 0 spiro atoms. The normalized spacial score (nSPS) is 15.0. The van der Waals surface area contributed by atoms with Gasteiger partial charge in [-0.2, -0.15) is 13.2 Å². The number of benzene rings is 1. The summed E-state index contributed by atoms with van der Waals surface area (Å²) in [7, 11) is 0. The highest BCUT2D eigenvalue weighted by molar-refractivity contribution is 5.73. The molecule has 0 unspecified atom stereocenters. The Morgan fingerprint density at radius 2 is 1.80 bits per heavy atom. The number of carboxylic acid groups (broad SMARTS) is 1. The van der Waals surface area contributed by atoms with Gasteiger partial charge in [0.15, 0.2) is 0 Å². The van der Waals surface area contributed by atoms with Gasteiger partial charge in [-0.3, -0.25) is 0 Å². The Morgan fingerprint density at radius 1 is 1.30 bits per heavy atom. The summed E-state index contributed by atoms with van der Waals surface area (Å²) in [5.41, 5.74) is 1.02. The first-order valence-corrected chi connectivity index (χ1v) is 5.66. The molecule has 0 aliphatic carbocycles. The maximum Gasteiger partial charge on any atom is 0.490 e. The third kappa shape index (κ3) is 5.98. The standard InChI is InChI=1S/C10H12FNO.C2HF3O2/c11-9-3-1-8(2-4-9)7-13-10-5-12-6-10;3-2(4,5)1(6)7/h1-4,10,12H,5-7H2;(H,6,7). The highest BCUT2D eigenvalue weighted by Gasteiger charge is 2.38. The van der Waals surface area contributed by atoms with E-state index in [1.165, 1.54) is 12.1 Å². The number of nitrogens with one attached hydrogen (secondary N) is 1. The van der Waals surface area contributed by atoms with Gasteiger partial charge in [0.05, 0.1) is 12.7 Å². The summed E-state index contributed by atoms with van der Waals surface area (Å²) in [5, 5.41) is 10.2. The molecule has 1 aliphatic heterocycles. The molecular formula is C12H13F4NO3. The Labute approximate surface area is 112 Å². The van der Waals surface area contributed by atoms with Crippen molar-refractivity contribution in [1.29, 1.82) is 0 Å². The van der Waals surface area contributed by atoms with Crippen LogP contribution in [0.25, 0.3) is 0 Å². The highest BCUT2D eigenvalue weighted by Crippen LogP contribution is 2.13. The molecular weight excluding hydrogens is 282 g/mol. The number of aliphatic carboxylic acids is 1. The second-order valence-corrected chi connectivity index (χ2v) is 4.02. The lowest BCUT2D eigenvalue weighted by Gasteiger charge is -2.27. The van der Waals surface area contributed by atoms with Crippen LogP contribution in [-0.4, -0.2) is 36.4 Å². The fraction of sp³-hybridized carbons (Fsp3) is 0.417. The molecule has 20 heavy (non-hydrogen) atoms. The second-order valence-electron chi connectivity index (χ2n) is 4.02. The van der Waals surface area contributed by atoms with Crippen molar-refractivity contribution >= 4 is 5.97 Å². The summed E-state index contributed by atoms with van der Waals surface area (Å²) in [4.78, 5) is 8.90. The van der Waals surface area contributed by atoms with Gasteiger partial charge in [0.25, 0.3) is 0 Å².